The third-order valence-corrected chi connectivity index (χ3v) is 5.46. The van der Waals surface area contributed by atoms with E-state index in [1.54, 1.807) is 22.2 Å². The average molecular weight is 372 g/mol. The Hall–Kier alpha value is -2.25. The number of hydrogen-bond acceptors (Lipinski definition) is 5. The molecule has 1 N–H and O–H groups in total. The first-order chi connectivity index (χ1) is 12.5. The van der Waals surface area contributed by atoms with Gasteiger partial charge in [0.15, 0.2) is 5.65 Å². The summed E-state index contributed by atoms with van der Waals surface area (Å²) in [7, 11) is 1.86. The van der Waals surface area contributed by atoms with Crippen molar-refractivity contribution < 1.29 is 4.79 Å². The smallest absolute Gasteiger partial charge is 0.252 e. The number of nitrogens with zero attached hydrogens (tertiary/aromatic N) is 4. The number of aryl methyl sites for hydroxylation is 2. The number of nitrogens with one attached hydrogen (secondary N) is 1. The van der Waals surface area contributed by atoms with Crippen LogP contribution in [0.2, 0.25) is 0 Å². The van der Waals surface area contributed by atoms with E-state index in [1.807, 2.05) is 20.0 Å². The van der Waals surface area contributed by atoms with E-state index in [0.717, 1.165) is 29.8 Å². The second-order valence-electron chi connectivity index (χ2n) is 6.31. The van der Waals surface area contributed by atoms with Gasteiger partial charge < -0.3 is 5.32 Å². The van der Waals surface area contributed by atoms with Gasteiger partial charge in [-0.15, -0.1) is 0 Å². The Morgan fingerprint density at radius 1 is 1.38 bits per heavy atom. The van der Waals surface area contributed by atoms with E-state index < -0.39 is 0 Å². The molecular weight excluding hydrogens is 346 g/mol. The minimum Gasteiger partial charge on any atom is -0.350 e. The molecule has 3 aromatic rings. The van der Waals surface area contributed by atoms with Crippen LogP contribution in [0, 0.1) is 6.92 Å². The Balaban J connectivity index is 1.77. The molecule has 0 aliphatic rings. The van der Waals surface area contributed by atoms with E-state index in [4.69, 9.17) is 0 Å². The predicted molar refractivity (Wildman–Crippen MR) is 106 cm³/mol. The first-order valence-electron chi connectivity index (χ1n) is 8.88. The predicted octanol–water partition coefficient (Wildman–Crippen LogP) is 3.15. The monoisotopic (exact) mass is 371 g/mol. The standard InChI is InChI=1S/C19H25N5OS/c1-5-24(6-2)17(14-7-8-26-12-14)11-21-19(25)15-9-16-13(3)22-23(4)18(16)20-10-15/h7-10,12,17H,5-6,11H2,1-4H3,(H,21,25)/t17-/m0/s1. The fourth-order valence-corrected chi connectivity index (χ4v) is 4.02. The van der Waals surface area contributed by atoms with Crippen LogP contribution in [0.3, 0.4) is 0 Å². The maximum Gasteiger partial charge on any atom is 0.252 e. The number of aromatic nitrogens is 3. The zero-order valence-corrected chi connectivity index (χ0v) is 16.5. The molecule has 0 radical (unpaired) electrons. The first-order valence-corrected chi connectivity index (χ1v) is 9.83. The van der Waals surface area contributed by atoms with Crippen molar-refractivity contribution in [3.63, 3.8) is 0 Å². The van der Waals surface area contributed by atoms with E-state index in [9.17, 15) is 4.79 Å². The SMILES string of the molecule is CCN(CC)[C@@H](CNC(=O)c1cnc2c(c1)c(C)nn2C)c1ccsc1. The lowest BCUT2D eigenvalue weighted by atomic mass is 10.1. The number of likely N-dealkylation sites (N-methyl/N-ethyl adjacent to an activating group) is 1. The minimum absolute atomic E-state index is 0.102. The van der Waals surface area contributed by atoms with Gasteiger partial charge in [-0.2, -0.15) is 16.4 Å². The Morgan fingerprint density at radius 3 is 2.81 bits per heavy atom. The maximum absolute atomic E-state index is 12.7. The fourth-order valence-electron chi connectivity index (χ4n) is 3.31. The highest BCUT2D eigenvalue weighted by Crippen LogP contribution is 2.22. The Labute approximate surface area is 157 Å². The van der Waals surface area contributed by atoms with Crippen molar-refractivity contribution in [1.82, 2.24) is 25.0 Å². The van der Waals surface area contributed by atoms with Gasteiger partial charge in [0.2, 0.25) is 0 Å². The second kappa shape index (κ2) is 7.97. The molecule has 3 heterocycles. The largest absolute Gasteiger partial charge is 0.350 e. The first kappa shape index (κ1) is 18.5. The number of carbonyl (C=O) groups excluding carboxylic acids is 1. The molecule has 0 unspecified atom stereocenters. The molecule has 0 aromatic carbocycles. The van der Waals surface area contributed by atoms with Crippen LogP contribution >= 0.6 is 11.3 Å². The topological polar surface area (TPSA) is 63.1 Å². The van der Waals surface area contributed by atoms with Crippen molar-refractivity contribution >= 4 is 28.3 Å². The fraction of sp³-hybridized carbons (Fsp3) is 0.421. The summed E-state index contributed by atoms with van der Waals surface area (Å²) in [5, 5.41) is 12.6. The third-order valence-electron chi connectivity index (χ3n) is 4.76. The number of pyridine rings is 1. The number of amides is 1. The van der Waals surface area contributed by atoms with Gasteiger partial charge in [-0.1, -0.05) is 13.8 Å². The van der Waals surface area contributed by atoms with Crippen LogP contribution in [0.25, 0.3) is 11.0 Å². The highest BCUT2D eigenvalue weighted by atomic mass is 32.1. The van der Waals surface area contributed by atoms with Gasteiger partial charge in [-0.25, -0.2) is 4.98 Å². The number of fused-ring (bicyclic) bond motifs is 1. The van der Waals surface area contributed by atoms with E-state index in [2.05, 4.69) is 51.0 Å². The second-order valence-corrected chi connectivity index (χ2v) is 7.09. The van der Waals surface area contributed by atoms with Crippen molar-refractivity contribution in [1.29, 1.82) is 0 Å². The molecule has 0 bridgehead atoms. The number of thiophene rings is 1. The molecule has 1 amide bonds. The van der Waals surface area contributed by atoms with Crippen LogP contribution < -0.4 is 5.32 Å². The molecule has 3 aromatic heterocycles. The van der Waals surface area contributed by atoms with Crippen LogP contribution in [-0.2, 0) is 7.05 Å². The summed E-state index contributed by atoms with van der Waals surface area (Å²) < 4.78 is 1.74. The molecular formula is C19H25N5OS. The van der Waals surface area contributed by atoms with E-state index >= 15 is 0 Å². The summed E-state index contributed by atoms with van der Waals surface area (Å²) in [4.78, 5) is 19.4. The van der Waals surface area contributed by atoms with Gasteiger partial charge >= 0.3 is 0 Å². The highest BCUT2D eigenvalue weighted by Gasteiger charge is 2.20. The van der Waals surface area contributed by atoms with Crippen LogP contribution in [0.15, 0.2) is 29.1 Å². The van der Waals surface area contributed by atoms with E-state index in [1.165, 1.54) is 5.56 Å². The van der Waals surface area contributed by atoms with Crippen molar-refractivity contribution in [2.45, 2.75) is 26.8 Å². The van der Waals surface area contributed by atoms with E-state index in [0.29, 0.717) is 12.1 Å². The van der Waals surface area contributed by atoms with Gasteiger partial charge in [-0.3, -0.25) is 14.4 Å². The van der Waals surface area contributed by atoms with Crippen molar-refractivity contribution in [2.75, 3.05) is 19.6 Å². The molecule has 0 spiro atoms. The molecule has 0 aliphatic heterocycles. The quantitative estimate of drug-likeness (QED) is 0.693. The number of hydrogen-bond donors (Lipinski definition) is 1. The summed E-state index contributed by atoms with van der Waals surface area (Å²) >= 11 is 1.68. The normalized spacial score (nSPS) is 12.7. The number of rotatable bonds is 7. The van der Waals surface area contributed by atoms with Gasteiger partial charge in [0, 0.05) is 25.2 Å². The lowest BCUT2D eigenvalue weighted by molar-refractivity contribution is 0.0935. The molecule has 6 nitrogen and oxygen atoms in total. The summed E-state index contributed by atoms with van der Waals surface area (Å²) in [5.41, 5.74) is 3.48. The van der Waals surface area contributed by atoms with Gasteiger partial charge in [0.1, 0.15) is 0 Å². The molecule has 138 valence electrons. The van der Waals surface area contributed by atoms with Crippen molar-refractivity contribution in [2.24, 2.45) is 7.05 Å². The van der Waals surface area contributed by atoms with Crippen molar-refractivity contribution in [3.05, 3.63) is 45.9 Å². The summed E-state index contributed by atoms with van der Waals surface area (Å²) in [6.07, 6.45) is 1.62. The Kier molecular flexibility index (Phi) is 5.68. The molecule has 26 heavy (non-hydrogen) atoms. The summed E-state index contributed by atoms with van der Waals surface area (Å²) in [5.74, 6) is -0.102. The summed E-state index contributed by atoms with van der Waals surface area (Å²) in [6.45, 7) is 8.67. The molecule has 0 aliphatic carbocycles. The van der Waals surface area contributed by atoms with Crippen LogP contribution in [0.4, 0.5) is 0 Å². The lowest BCUT2D eigenvalue weighted by Crippen LogP contribution is -2.37. The van der Waals surface area contributed by atoms with Crippen LogP contribution in [-0.4, -0.2) is 45.2 Å². The zero-order valence-electron chi connectivity index (χ0n) is 15.7. The van der Waals surface area contributed by atoms with Crippen LogP contribution in [0.5, 0.6) is 0 Å². The van der Waals surface area contributed by atoms with E-state index in [-0.39, 0.29) is 11.9 Å². The molecule has 1 atom stereocenters. The average Bonchev–Trinajstić information content (AvgIpc) is 3.27. The molecule has 3 rings (SSSR count). The Bertz CT molecular complexity index is 883. The molecule has 7 heteroatoms. The number of carbonyl (C=O) groups is 1. The summed E-state index contributed by atoms with van der Waals surface area (Å²) in [6, 6.07) is 4.18. The van der Waals surface area contributed by atoms with Crippen molar-refractivity contribution in [3.8, 4) is 0 Å². The third kappa shape index (κ3) is 3.64. The van der Waals surface area contributed by atoms with Gasteiger partial charge in [0.05, 0.1) is 17.3 Å². The zero-order chi connectivity index (χ0) is 18.7. The Morgan fingerprint density at radius 2 is 2.15 bits per heavy atom. The molecule has 0 saturated heterocycles. The van der Waals surface area contributed by atoms with Gasteiger partial charge in [0.25, 0.3) is 5.91 Å². The highest BCUT2D eigenvalue weighted by molar-refractivity contribution is 7.07. The minimum atomic E-state index is -0.102. The maximum atomic E-state index is 12.7. The molecule has 0 saturated carbocycles. The lowest BCUT2D eigenvalue weighted by Gasteiger charge is -2.29. The van der Waals surface area contributed by atoms with Gasteiger partial charge in [-0.05, 0) is 48.5 Å². The van der Waals surface area contributed by atoms with Crippen LogP contribution in [0.1, 0.15) is 41.5 Å². The molecule has 0 fully saturated rings.